The minimum Gasteiger partial charge on any atom is -0.378 e. The molecule has 4 atom stereocenters. The summed E-state index contributed by atoms with van der Waals surface area (Å²) < 4.78 is 33.3. The Bertz CT molecular complexity index is 1060. The van der Waals surface area contributed by atoms with Crippen LogP contribution in [0.5, 0.6) is 0 Å². The van der Waals surface area contributed by atoms with Gasteiger partial charge in [-0.25, -0.2) is 8.42 Å². The highest BCUT2D eigenvalue weighted by molar-refractivity contribution is 7.89. The van der Waals surface area contributed by atoms with Crippen LogP contribution in [0.25, 0.3) is 0 Å². The second kappa shape index (κ2) is 10.8. The van der Waals surface area contributed by atoms with E-state index in [0.717, 1.165) is 57.7 Å². The van der Waals surface area contributed by atoms with E-state index in [4.69, 9.17) is 16.3 Å². The van der Waals surface area contributed by atoms with Gasteiger partial charge in [-0.15, -0.1) is 0 Å². The third-order valence-electron chi connectivity index (χ3n) is 8.45. The number of hydrogen-bond acceptors (Lipinski definition) is 7. The number of sulfonamides is 1. The second-order valence-electron chi connectivity index (χ2n) is 11.0. The molecule has 1 aromatic rings. The van der Waals surface area contributed by atoms with Gasteiger partial charge in [0.25, 0.3) is 0 Å². The number of carbonyl (C=O) groups excluding carboxylic acids is 1. The van der Waals surface area contributed by atoms with E-state index in [1.807, 2.05) is 12.1 Å². The molecular formula is C25H38ClN5O4S. The fourth-order valence-electron chi connectivity index (χ4n) is 6.31. The number of nitrogens with zero attached hydrogens (tertiary/aromatic N) is 2. The summed E-state index contributed by atoms with van der Waals surface area (Å²) in [7, 11) is -2.15. The van der Waals surface area contributed by atoms with E-state index in [0.29, 0.717) is 35.0 Å². The summed E-state index contributed by atoms with van der Waals surface area (Å²) in [5.41, 5.74) is 7.96. The van der Waals surface area contributed by atoms with Gasteiger partial charge in [-0.2, -0.15) is 4.31 Å². The Morgan fingerprint density at radius 2 is 2.00 bits per heavy atom. The van der Waals surface area contributed by atoms with Crippen LogP contribution in [-0.2, 0) is 19.6 Å². The van der Waals surface area contributed by atoms with Crippen LogP contribution in [0, 0.1) is 11.8 Å². The number of amides is 1. The molecule has 3 heterocycles. The maximum Gasteiger partial charge on any atom is 0.239 e. The predicted molar refractivity (Wildman–Crippen MR) is 140 cm³/mol. The number of benzene rings is 1. The number of rotatable bonds is 7. The number of piperidine rings is 1. The van der Waals surface area contributed by atoms with Crippen LogP contribution in [0.15, 0.2) is 18.2 Å². The molecular weight excluding hydrogens is 502 g/mol. The van der Waals surface area contributed by atoms with Crippen molar-refractivity contribution in [2.45, 2.75) is 55.9 Å². The Kier molecular flexibility index (Phi) is 7.93. The van der Waals surface area contributed by atoms with Gasteiger partial charge in [0, 0.05) is 30.3 Å². The zero-order chi connectivity index (χ0) is 25.4. The van der Waals surface area contributed by atoms with Crippen LogP contribution < -0.4 is 16.2 Å². The molecule has 0 radical (unpaired) electrons. The molecule has 4 unspecified atom stereocenters. The van der Waals surface area contributed by atoms with Crippen molar-refractivity contribution in [3.05, 3.63) is 28.8 Å². The lowest BCUT2D eigenvalue weighted by molar-refractivity contribution is -0.116. The third kappa shape index (κ3) is 5.45. The Morgan fingerprint density at radius 1 is 1.25 bits per heavy atom. The van der Waals surface area contributed by atoms with E-state index in [9.17, 15) is 13.2 Å². The van der Waals surface area contributed by atoms with Crippen molar-refractivity contribution < 1.29 is 17.9 Å². The highest BCUT2D eigenvalue weighted by atomic mass is 35.5. The Morgan fingerprint density at radius 3 is 2.67 bits per heavy atom. The maximum atomic E-state index is 13.4. The van der Waals surface area contributed by atoms with Crippen molar-refractivity contribution in [3.8, 4) is 0 Å². The number of anilines is 1. The molecule has 3 aliphatic heterocycles. The van der Waals surface area contributed by atoms with Crippen LogP contribution in [0.4, 0.5) is 5.69 Å². The van der Waals surface area contributed by atoms with Gasteiger partial charge in [-0.3, -0.25) is 20.5 Å². The molecule has 4 fully saturated rings. The van der Waals surface area contributed by atoms with E-state index in [-0.39, 0.29) is 24.4 Å². The molecule has 11 heteroatoms. The van der Waals surface area contributed by atoms with Crippen LogP contribution in [0.2, 0.25) is 5.02 Å². The lowest BCUT2D eigenvalue weighted by atomic mass is 9.79. The molecule has 0 aromatic heterocycles. The summed E-state index contributed by atoms with van der Waals surface area (Å²) in [5, 5.41) is 2.93. The zero-order valence-electron chi connectivity index (χ0n) is 21.1. The van der Waals surface area contributed by atoms with Gasteiger partial charge in [0.1, 0.15) is 0 Å². The standard InChI is InChI=1S/C25H38ClN5O4S/c1-16-9-18-12-27-29-25(18)23(10-16)36(33,34)30(2)13-24(32)28-19-3-4-21(22(26)11-19)17-5-7-31(8-6-17)20-14-35-15-20/h3-4,11,16-18,20,23,25,27,29H,5-10,12-15H2,1-2H3,(H,28,32). The fraction of sp³-hybridized carbons (Fsp3) is 0.720. The molecule has 9 nitrogen and oxygen atoms in total. The highest BCUT2D eigenvalue weighted by Gasteiger charge is 2.47. The summed E-state index contributed by atoms with van der Waals surface area (Å²) >= 11 is 6.62. The molecule has 4 aliphatic rings. The molecule has 36 heavy (non-hydrogen) atoms. The Labute approximate surface area is 219 Å². The number of fused-ring (bicyclic) bond motifs is 1. The SMILES string of the molecule is CC1CC2CNNC2C(S(=O)(=O)N(C)CC(=O)Nc2ccc(C3CCN(C4COC4)CC3)c(Cl)c2)C1. The van der Waals surface area contributed by atoms with Gasteiger partial charge in [0.15, 0.2) is 0 Å². The lowest BCUT2D eigenvalue weighted by Crippen LogP contribution is -2.53. The summed E-state index contributed by atoms with van der Waals surface area (Å²) in [6, 6.07) is 6.07. The molecule has 200 valence electrons. The number of likely N-dealkylation sites (N-methyl/N-ethyl adjacent to an activating group) is 1. The van der Waals surface area contributed by atoms with Crippen molar-refractivity contribution >= 4 is 33.2 Å². The van der Waals surface area contributed by atoms with Crippen molar-refractivity contribution in [1.82, 2.24) is 20.1 Å². The molecule has 1 aromatic carbocycles. The van der Waals surface area contributed by atoms with E-state index >= 15 is 0 Å². The minimum atomic E-state index is -3.64. The summed E-state index contributed by atoms with van der Waals surface area (Å²) in [5.74, 6) is 0.640. The van der Waals surface area contributed by atoms with E-state index < -0.39 is 15.3 Å². The zero-order valence-corrected chi connectivity index (χ0v) is 22.7. The summed E-state index contributed by atoms with van der Waals surface area (Å²) in [4.78, 5) is 15.3. The number of hydrazine groups is 1. The smallest absolute Gasteiger partial charge is 0.239 e. The highest BCUT2D eigenvalue weighted by Crippen LogP contribution is 2.36. The van der Waals surface area contributed by atoms with Gasteiger partial charge in [-0.1, -0.05) is 24.6 Å². The van der Waals surface area contributed by atoms with Crippen molar-refractivity contribution in [2.24, 2.45) is 11.8 Å². The quantitative estimate of drug-likeness (QED) is 0.487. The van der Waals surface area contributed by atoms with Crippen molar-refractivity contribution in [1.29, 1.82) is 0 Å². The summed E-state index contributed by atoms with van der Waals surface area (Å²) in [6.07, 6.45) is 3.70. The molecule has 5 rings (SSSR count). The number of halogens is 1. The molecule has 1 saturated carbocycles. The first-order valence-corrected chi connectivity index (χ1v) is 14.9. The first kappa shape index (κ1) is 26.3. The number of carbonyl (C=O) groups is 1. The maximum absolute atomic E-state index is 13.4. The van der Waals surface area contributed by atoms with Crippen LogP contribution in [0.1, 0.15) is 44.1 Å². The Balaban J connectivity index is 1.16. The second-order valence-corrected chi connectivity index (χ2v) is 13.7. The number of nitrogens with one attached hydrogen (secondary N) is 3. The average Bonchev–Trinajstić information content (AvgIpc) is 3.26. The predicted octanol–water partition coefficient (Wildman–Crippen LogP) is 2.01. The van der Waals surface area contributed by atoms with Crippen molar-refractivity contribution in [2.75, 3.05) is 51.8 Å². The molecule has 0 bridgehead atoms. The van der Waals surface area contributed by atoms with Gasteiger partial charge < -0.3 is 10.1 Å². The largest absolute Gasteiger partial charge is 0.378 e. The van der Waals surface area contributed by atoms with E-state index in [2.05, 4.69) is 28.0 Å². The monoisotopic (exact) mass is 539 g/mol. The number of hydrogen-bond donors (Lipinski definition) is 3. The number of ether oxygens (including phenoxy) is 1. The topological polar surface area (TPSA) is 103 Å². The normalized spacial score (nSPS) is 30.2. The first-order chi connectivity index (χ1) is 17.2. The molecule has 3 N–H and O–H groups in total. The molecule has 0 spiro atoms. The van der Waals surface area contributed by atoms with Crippen LogP contribution in [-0.4, -0.2) is 87.3 Å². The first-order valence-electron chi connectivity index (χ1n) is 13.1. The average molecular weight is 540 g/mol. The minimum absolute atomic E-state index is 0.128. The summed E-state index contributed by atoms with van der Waals surface area (Å²) in [6.45, 7) is 6.40. The molecule has 1 amide bonds. The van der Waals surface area contributed by atoms with Gasteiger partial charge in [0.05, 0.1) is 31.1 Å². The van der Waals surface area contributed by atoms with Crippen LogP contribution >= 0.6 is 11.6 Å². The Hall–Kier alpha value is -1.27. The fourth-order valence-corrected chi connectivity index (χ4v) is 8.64. The van der Waals surface area contributed by atoms with Crippen LogP contribution in [0.3, 0.4) is 0 Å². The lowest BCUT2D eigenvalue weighted by Gasteiger charge is -2.41. The molecule has 1 aliphatic carbocycles. The van der Waals surface area contributed by atoms with E-state index in [1.165, 1.54) is 11.4 Å². The number of likely N-dealkylation sites (tertiary alicyclic amines) is 1. The van der Waals surface area contributed by atoms with Gasteiger partial charge >= 0.3 is 0 Å². The third-order valence-corrected chi connectivity index (χ3v) is 11.0. The molecule has 3 saturated heterocycles. The van der Waals surface area contributed by atoms with Gasteiger partial charge in [0.2, 0.25) is 15.9 Å². The van der Waals surface area contributed by atoms with E-state index in [1.54, 1.807) is 6.07 Å². The van der Waals surface area contributed by atoms with Gasteiger partial charge in [-0.05, 0) is 74.2 Å². The van der Waals surface area contributed by atoms with Crippen molar-refractivity contribution in [3.63, 3.8) is 0 Å².